The van der Waals surface area contributed by atoms with E-state index in [-0.39, 0.29) is 5.91 Å². The first kappa shape index (κ1) is 21.0. The SMILES string of the molecule is COC(=O)c1cc(C)sc1NC(=O)c1c(C)c(-c2cccc(Cl)c2)nc2ccccc12. The second-order valence-electron chi connectivity index (χ2n) is 7.03. The molecule has 5 nitrogen and oxygen atoms in total. The van der Waals surface area contributed by atoms with Crippen molar-refractivity contribution in [2.45, 2.75) is 13.8 Å². The third-order valence-electron chi connectivity index (χ3n) is 4.95. The quantitative estimate of drug-likeness (QED) is 0.372. The van der Waals surface area contributed by atoms with Gasteiger partial charge in [-0.25, -0.2) is 9.78 Å². The normalized spacial score (nSPS) is 10.8. The van der Waals surface area contributed by atoms with E-state index in [1.165, 1.54) is 18.4 Å². The van der Waals surface area contributed by atoms with Crippen LogP contribution in [-0.2, 0) is 4.74 Å². The van der Waals surface area contributed by atoms with Crippen molar-refractivity contribution in [3.8, 4) is 11.3 Å². The van der Waals surface area contributed by atoms with Crippen LogP contribution in [0.15, 0.2) is 54.6 Å². The van der Waals surface area contributed by atoms with E-state index in [2.05, 4.69) is 5.32 Å². The molecule has 0 spiro atoms. The summed E-state index contributed by atoms with van der Waals surface area (Å²) in [7, 11) is 1.32. The number of halogens is 1. The summed E-state index contributed by atoms with van der Waals surface area (Å²) in [4.78, 5) is 31.3. The topological polar surface area (TPSA) is 68.3 Å². The zero-order valence-corrected chi connectivity index (χ0v) is 18.7. The number of amides is 1. The van der Waals surface area contributed by atoms with Crippen molar-refractivity contribution in [2.24, 2.45) is 0 Å². The number of para-hydroxylation sites is 1. The van der Waals surface area contributed by atoms with E-state index < -0.39 is 5.97 Å². The van der Waals surface area contributed by atoms with Crippen LogP contribution in [0.5, 0.6) is 0 Å². The number of benzene rings is 2. The highest BCUT2D eigenvalue weighted by Gasteiger charge is 2.22. The molecule has 4 rings (SSSR count). The minimum atomic E-state index is -0.490. The smallest absolute Gasteiger partial charge is 0.340 e. The van der Waals surface area contributed by atoms with E-state index >= 15 is 0 Å². The molecule has 2 aromatic heterocycles. The van der Waals surface area contributed by atoms with E-state index in [0.717, 1.165) is 21.4 Å². The van der Waals surface area contributed by atoms with Gasteiger partial charge in [-0.2, -0.15) is 0 Å². The fourth-order valence-corrected chi connectivity index (χ4v) is 4.64. The van der Waals surface area contributed by atoms with Crippen LogP contribution in [0.1, 0.15) is 31.2 Å². The highest BCUT2D eigenvalue weighted by molar-refractivity contribution is 7.16. The molecular formula is C24H19ClN2O3S. The van der Waals surface area contributed by atoms with Crippen molar-refractivity contribution >= 4 is 50.7 Å². The molecule has 0 radical (unpaired) electrons. The Morgan fingerprint density at radius 1 is 1.06 bits per heavy atom. The monoisotopic (exact) mass is 450 g/mol. The predicted molar refractivity (Wildman–Crippen MR) is 125 cm³/mol. The summed E-state index contributed by atoms with van der Waals surface area (Å²) in [6, 6.07) is 16.6. The average Bonchev–Trinajstić information content (AvgIpc) is 3.12. The average molecular weight is 451 g/mol. The van der Waals surface area contributed by atoms with Gasteiger partial charge in [0.25, 0.3) is 5.91 Å². The van der Waals surface area contributed by atoms with Gasteiger partial charge in [0.15, 0.2) is 0 Å². The molecule has 0 aliphatic carbocycles. The van der Waals surface area contributed by atoms with E-state index in [9.17, 15) is 9.59 Å². The third-order valence-corrected chi connectivity index (χ3v) is 6.15. The summed E-state index contributed by atoms with van der Waals surface area (Å²) in [5.41, 5.74) is 3.77. The number of aryl methyl sites for hydroxylation is 1. The first-order valence-electron chi connectivity index (χ1n) is 9.54. The Hall–Kier alpha value is -3.22. The number of fused-ring (bicyclic) bond motifs is 1. The number of hydrogen-bond acceptors (Lipinski definition) is 5. The Morgan fingerprint density at radius 2 is 1.84 bits per heavy atom. The van der Waals surface area contributed by atoms with Crippen LogP contribution in [0.25, 0.3) is 22.2 Å². The molecule has 0 saturated heterocycles. The van der Waals surface area contributed by atoms with E-state index in [4.69, 9.17) is 21.3 Å². The zero-order valence-electron chi connectivity index (χ0n) is 17.2. The largest absolute Gasteiger partial charge is 0.465 e. The molecule has 1 amide bonds. The molecule has 4 aromatic rings. The number of nitrogens with one attached hydrogen (secondary N) is 1. The molecule has 0 fully saturated rings. The number of thiophene rings is 1. The van der Waals surface area contributed by atoms with Gasteiger partial charge in [-0.05, 0) is 43.7 Å². The van der Waals surface area contributed by atoms with Gasteiger partial charge in [-0.3, -0.25) is 4.79 Å². The van der Waals surface area contributed by atoms with Crippen LogP contribution in [0.4, 0.5) is 5.00 Å². The second kappa shape index (κ2) is 8.49. The number of nitrogens with zero attached hydrogens (tertiary/aromatic N) is 1. The third kappa shape index (κ3) is 4.04. The number of rotatable bonds is 4. The Kier molecular flexibility index (Phi) is 5.76. The maximum absolute atomic E-state index is 13.5. The number of methoxy groups -OCH3 is 1. The number of aromatic nitrogens is 1. The van der Waals surface area contributed by atoms with Gasteiger partial charge < -0.3 is 10.1 Å². The van der Waals surface area contributed by atoms with Gasteiger partial charge in [-0.1, -0.05) is 41.9 Å². The zero-order chi connectivity index (χ0) is 22.1. The predicted octanol–water partition coefficient (Wildman–Crippen LogP) is 6.27. The van der Waals surface area contributed by atoms with Crippen LogP contribution >= 0.6 is 22.9 Å². The Bertz CT molecular complexity index is 1330. The van der Waals surface area contributed by atoms with Crippen LogP contribution < -0.4 is 5.32 Å². The first-order chi connectivity index (χ1) is 14.9. The Morgan fingerprint density at radius 3 is 2.58 bits per heavy atom. The van der Waals surface area contributed by atoms with Crippen molar-refractivity contribution in [3.05, 3.63) is 81.2 Å². The summed E-state index contributed by atoms with van der Waals surface area (Å²) in [5, 5.41) is 4.69. The lowest BCUT2D eigenvalue weighted by Gasteiger charge is -2.15. The number of carbonyl (C=O) groups excluding carboxylic acids is 2. The Balaban J connectivity index is 1.86. The molecule has 0 bridgehead atoms. The molecule has 0 atom stereocenters. The second-order valence-corrected chi connectivity index (χ2v) is 8.73. The van der Waals surface area contributed by atoms with E-state index in [1.807, 2.05) is 56.3 Å². The number of anilines is 1. The first-order valence-corrected chi connectivity index (χ1v) is 10.7. The summed E-state index contributed by atoms with van der Waals surface area (Å²) in [5.74, 6) is -0.804. The van der Waals surface area contributed by atoms with Crippen molar-refractivity contribution < 1.29 is 14.3 Å². The molecule has 7 heteroatoms. The lowest BCUT2D eigenvalue weighted by Crippen LogP contribution is -2.16. The van der Waals surface area contributed by atoms with Gasteiger partial charge in [0.1, 0.15) is 5.00 Å². The highest BCUT2D eigenvalue weighted by Crippen LogP contribution is 2.33. The standard InChI is InChI=1S/C24H19ClN2O3S/c1-13-11-18(24(29)30-3)23(31-13)27-22(28)20-14(2)21(15-7-6-8-16(25)12-15)26-19-10-5-4-9-17(19)20/h4-12H,1-3H3,(H,27,28). The van der Waals surface area contributed by atoms with Crippen molar-refractivity contribution in [1.29, 1.82) is 0 Å². The number of carbonyl (C=O) groups is 2. The summed E-state index contributed by atoms with van der Waals surface area (Å²) < 4.78 is 4.85. The molecule has 0 unspecified atom stereocenters. The summed E-state index contributed by atoms with van der Waals surface area (Å²) >= 11 is 7.52. The van der Waals surface area contributed by atoms with Crippen LogP contribution in [0.2, 0.25) is 5.02 Å². The van der Waals surface area contributed by atoms with Gasteiger partial charge in [-0.15, -0.1) is 11.3 Å². The molecule has 0 aliphatic rings. The maximum atomic E-state index is 13.5. The molecule has 1 N–H and O–H groups in total. The fraction of sp³-hybridized carbons (Fsp3) is 0.125. The van der Waals surface area contributed by atoms with Crippen molar-refractivity contribution in [1.82, 2.24) is 4.98 Å². The maximum Gasteiger partial charge on any atom is 0.340 e. The Labute approximate surface area is 188 Å². The molecule has 0 saturated carbocycles. The van der Waals surface area contributed by atoms with E-state index in [0.29, 0.717) is 32.4 Å². The van der Waals surface area contributed by atoms with Crippen LogP contribution in [0, 0.1) is 13.8 Å². The summed E-state index contributed by atoms with van der Waals surface area (Å²) in [6.07, 6.45) is 0. The number of esters is 1. The van der Waals surface area contributed by atoms with Gasteiger partial charge >= 0.3 is 5.97 Å². The summed E-state index contributed by atoms with van der Waals surface area (Å²) in [6.45, 7) is 3.74. The van der Waals surface area contributed by atoms with Crippen LogP contribution in [-0.4, -0.2) is 24.0 Å². The molecule has 156 valence electrons. The van der Waals surface area contributed by atoms with Gasteiger partial charge in [0.05, 0.1) is 29.4 Å². The number of ether oxygens (including phenoxy) is 1. The number of pyridine rings is 1. The lowest BCUT2D eigenvalue weighted by molar-refractivity contribution is 0.0602. The molecule has 2 heterocycles. The van der Waals surface area contributed by atoms with E-state index in [1.54, 1.807) is 12.1 Å². The minimum Gasteiger partial charge on any atom is -0.465 e. The molecule has 2 aromatic carbocycles. The number of hydrogen-bond donors (Lipinski definition) is 1. The fourth-order valence-electron chi connectivity index (χ4n) is 3.55. The lowest BCUT2D eigenvalue weighted by atomic mass is 9.97. The minimum absolute atomic E-state index is 0.314. The van der Waals surface area contributed by atoms with Crippen molar-refractivity contribution in [2.75, 3.05) is 12.4 Å². The molecule has 0 aliphatic heterocycles. The van der Waals surface area contributed by atoms with Gasteiger partial charge in [0.2, 0.25) is 0 Å². The highest BCUT2D eigenvalue weighted by atomic mass is 35.5. The van der Waals surface area contributed by atoms with Gasteiger partial charge in [0, 0.05) is 20.8 Å². The molecule has 31 heavy (non-hydrogen) atoms. The van der Waals surface area contributed by atoms with Crippen molar-refractivity contribution in [3.63, 3.8) is 0 Å². The molecular weight excluding hydrogens is 432 g/mol. The van der Waals surface area contributed by atoms with Crippen LogP contribution in [0.3, 0.4) is 0 Å².